The van der Waals surface area contributed by atoms with E-state index in [1.54, 1.807) is 12.8 Å². The third-order valence-corrected chi connectivity index (χ3v) is 5.20. The van der Waals surface area contributed by atoms with Gasteiger partial charge in [0.2, 0.25) is 0 Å². The molecule has 0 nitrogen and oxygen atoms in total. The second kappa shape index (κ2) is 2.08. The van der Waals surface area contributed by atoms with Crippen molar-refractivity contribution in [1.29, 1.82) is 0 Å². The lowest BCUT2D eigenvalue weighted by Gasteiger charge is -2.26. The van der Waals surface area contributed by atoms with E-state index in [4.69, 9.17) is 0 Å². The number of hydrogen-bond donors (Lipinski definition) is 0. The molecule has 68 valence electrons. The minimum Gasteiger partial charge on any atom is -0.0625 e. The molecule has 0 aromatic carbocycles. The van der Waals surface area contributed by atoms with Gasteiger partial charge in [-0.2, -0.15) is 0 Å². The van der Waals surface area contributed by atoms with Gasteiger partial charge in [-0.15, -0.1) is 0 Å². The van der Waals surface area contributed by atoms with Gasteiger partial charge in [0.1, 0.15) is 0 Å². The minimum atomic E-state index is 0.913. The van der Waals surface area contributed by atoms with E-state index in [2.05, 4.69) is 20.8 Å². The molecule has 0 aromatic rings. The van der Waals surface area contributed by atoms with E-state index in [1.165, 1.54) is 17.8 Å². The van der Waals surface area contributed by atoms with Crippen LogP contribution < -0.4 is 0 Å². The van der Waals surface area contributed by atoms with E-state index < -0.39 is 0 Å². The second-order valence-corrected chi connectivity index (χ2v) is 5.82. The summed E-state index contributed by atoms with van der Waals surface area (Å²) in [4.78, 5) is 0. The van der Waals surface area contributed by atoms with Gasteiger partial charge >= 0.3 is 0 Å². The normalized spacial score (nSPS) is 56.5. The first-order valence-electron chi connectivity index (χ1n) is 5.70. The quantitative estimate of drug-likeness (QED) is 0.588. The molecule has 0 aromatic heterocycles. The van der Waals surface area contributed by atoms with Gasteiger partial charge in [0, 0.05) is 0 Å². The van der Waals surface area contributed by atoms with Gasteiger partial charge in [-0.25, -0.2) is 0 Å². The van der Waals surface area contributed by atoms with Crippen LogP contribution in [-0.4, -0.2) is 0 Å². The molecule has 4 aliphatic carbocycles. The third-order valence-electron chi connectivity index (χ3n) is 5.20. The number of hydrogen-bond acceptors (Lipinski definition) is 0. The average Bonchev–Trinajstić information content (AvgIpc) is 2.51. The van der Waals surface area contributed by atoms with Crippen LogP contribution >= 0.6 is 0 Å². The first-order chi connectivity index (χ1) is 5.70. The Hall–Kier alpha value is 0. The van der Waals surface area contributed by atoms with Crippen LogP contribution in [0.1, 0.15) is 33.6 Å². The van der Waals surface area contributed by atoms with Crippen LogP contribution in [0.3, 0.4) is 0 Å². The van der Waals surface area contributed by atoms with E-state index in [9.17, 15) is 0 Å². The summed E-state index contributed by atoms with van der Waals surface area (Å²) in [7, 11) is 0. The van der Waals surface area contributed by atoms with Gasteiger partial charge in [0.15, 0.2) is 0 Å². The minimum absolute atomic E-state index is 0.913. The molecule has 0 aliphatic heterocycles. The topological polar surface area (TPSA) is 0 Å². The molecule has 0 saturated heterocycles. The summed E-state index contributed by atoms with van der Waals surface area (Å²) in [6.45, 7) is 7.29. The van der Waals surface area contributed by atoms with Crippen molar-refractivity contribution in [2.45, 2.75) is 33.6 Å². The summed E-state index contributed by atoms with van der Waals surface area (Å²) >= 11 is 0. The van der Waals surface area contributed by atoms with E-state index in [-0.39, 0.29) is 0 Å². The Bertz CT molecular complexity index is 192. The average molecular weight is 164 g/mol. The standard InChI is InChI=1S/C12H20/c1-6(2)7(3)11-8-4-9-10(5-8)12(9)11/h6-12H,4-5H2,1-3H3. The first kappa shape index (κ1) is 7.41. The van der Waals surface area contributed by atoms with Gasteiger partial charge in [-0.1, -0.05) is 20.8 Å². The van der Waals surface area contributed by atoms with Crippen molar-refractivity contribution in [3.8, 4) is 0 Å². The van der Waals surface area contributed by atoms with Gasteiger partial charge in [0.25, 0.3) is 0 Å². The summed E-state index contributed by atoms with van der Waals surface area (Å²) < 4.78 is 0. The second-order valence-electron chi connectivity index (χ2n) is 5.82. The monoisotopic (exact) mass is 164 g/mol. The highest BCUT2D eigenvalue weighted by atomic mass is 14.7. The Morgan fingerprint density at radius 3 is 1.92 bits per heavy atom. The molecule has 4 atom stereocenters. The van der Waals surface area contributed by atoms with Crippen LogP contribution in [0.15, 0.2) is 0 Å². The Kier molecular flexibility index (Phi) is 1.28. The Balaban J connectivity index is 1.79. The van der Waals surface area contributed by atoms with E-state index in [0.717, 1.165) is 23.7 Å². The molecular weight excluding hydrogens is 144 g/mol. The smallest absolute Gasteiger partial charge is 0.0318 e. The Morgan fingerprint density at radius 2 is 1.58 bits per heavy atom. The predicted molar refractivity (Wildman–Crippen MR) is 50.7 cm³/mol. The summed E-state index contributed by atoms with van der Waals surface area (Å²) in [6.07, 6.45) is 3.22. The van der Waals surface area contributed by atoms with Crippen LogP contribution in [0.2, 0.25) is 0 Å². The fourth-order valence-electron chi connectivity index (χ4n) is 4.36. The van der Waals surface area contributed by atoms with Gasteiger partial charge < -0.3 is 0 Å². The van der Waals surface area contributed by atoms with Gasteiger partial charge in [0.05, 0.1) is 0 Å². The van der Waals surface area contributed by atoms with Gasteiger partial charge in [-0.3, -0.25) is 0 Å². The highest BCUT2D eigenvalue weighted by Gasteiger charge is 2.68. The van der Waals surface area contributed by atoms with Crippen LogP contribution in [0.25, 0.3) is 0 Å². The maximum absolute atomic E-state index is 2.49. The summed E-state index contributed by atoms with van der Waals surface area (Å²) in [5.41, 5.74) is 0. The van der Waals surface area contributed by atoms with Gasteiger partial charge in [-0.05, 0) is 54.3 Å². The summed E-state index contributed by atoms with van der Waals surface area (Å²) in [5, 5.41) is 0. The zero-order valence-corrected chi connectivity index (χ0v) is 8.46. The molecule has 4 saturated carbocycles. The van der Waals surface area contributed by atoms with Crippen molar-refractivity contribution in [2.24, 2.45) is 41.4 Å². The number of rotatable bonds is 2. The molecular formula is C12H20. The zero-order valence-electron chi connectivity index (χ0n) is 8.46. The first-order valence-corrected chi connectivity index (χ1v) is 5.70. The van der Waals surface area contributed by atoms with Crippen molar-refractivity contribution in [3.63, 3.8) is 0 Å². The molecule has 0 N–H and O–H groups in total. The van der Waals surface area contributed by atoms with Crippen LogP contribution in [-0.2, 0) is 0 Å². The highest BCUT2D eigenvalue weighted by Crippen LogP contribution is 2.75. The van der Waals surface area contributed by atoms with Crippen molar-refractivity contribution in [1.82, 2.24) is 0 Å². The van der Waals surface area contributed by atoms with Crippen LogP contribution in [0.5, 0.6) is 0 Å². The molecule has 0 heteroatoms. The lowest BCUT2D eigenvalue weighted by atomic mass is 9.79. The lowest BCUT2D eigenvalue weighted by Crippen LogP contribution is -2.20. The van der Waals surface area contributed by atoms with Crippen molar-refractivity contribution >= 4 is 0 Å². The maximum atomic E-state index is 2.49. The Morgan fingerprint density at radius 1 is 1.00 bits per heavy atom. The molecule has 4 aliphatic rings. The maximum Gasteiger partial charge on any atom is -0.0318 e. The van der Waals surface area contributed by atoms with Crippen LogP contribution in [0, 0.1) is 41.4 Å². The summed E-state index contributed by atoms with van der Waals surface area (Å²) in [6, 6.07) is 0. The van der Waals surface area contributed by atoms with E-state index in [0.29, 0.717) is 0 Å². The van der Waals surface area contributed by atoms with Crippen molar-refractivity contribution < 1.29 is 0 Å². The SMILES string of the molecule is CC(C)C(C)C1C2CC3C(C2)C31. The Labute approximate surface area is 75.7 Å². The largest absolute Gasteiger partial charge is 0.0625 e. The fraction of sp³-hybridized carbons (Fsp3) is 1.00. The molecule has 0 spiro atoms. The van der Waals surface area contributed by atoms with Crippen molar-refractivity contribution in [2.75, 3.05) is 0 Å². The molecule has 4 rings (SSSR count). The van der Waals surface area contributed by atoms with E-state index >= 15 is 0 Å². The molecule has 4 unspecified atom stereocenters. The zero-order chi connectivity index (χ0) is 8.46. The molecule has 4 bridgehead atoms. The molecule has 0 radical (unpaired) electrons. The molecule has 0 heterocycles. The molecule has 12 heavy (non-hydrogen) atoms. The fourth-order valence-corrected chi connectivity index (χ4v) is 4.36. The van der Waals surface area contributed by atoms with Crippen LogP contribution in [0.4, 0.5) is 0 Å². The van der Waals surface area contributed by atoms with Crippen molar-refractivity contribution in [3.05, 3.63) is 0 Å². The third kappa shape index (κ3) is 0.701. The predicted octanol–water partition coefficient (Wildman–Crippen LogP) is 3.18. The molecule has 4 fully saturated rings. The lowest BCUT2D eigenvalue weighted by molar-refractivity contribution is 0.226. The molecule has 0 amide bonds. The summed E-state index contributed by atoms with van der Waals surface area (Å²) in [5.74, 6) is 7.82. The van der Waals surface area contributed by atoms with E-state index in [1.807, 2.05) is 0 Å². The highest BCUT2D eigenvalue weighted by molar-refractivity contribution is 5.17.